The summed E-state index contributed by atoms with van der Waals surface area (Å²) in [5.74, 6) is 3.42. The Labute approximate surface area is 130 Å². The third-order valence-electron chi connectivity index (χ3n) is 3.61. The molecular weight excluding hydrogens is 286 g/mol. The van der Waals surface area contributed by atoms with E-state index >= 15 is 0 Å². The van der Waals surface area contributed by atoms with Crippen molar-refractivity contribution < 1.29 is 0 Å². The van der Waals surface area contributed by atoms with Crippen LogP contribution in [0.3, 0.4) is 0 Å². The highest BCUT2D eigenvalue weighted by atomic mass is 32.2. The van der Waals surface area contributed by atoms with Crippen molar-refractivity contribution >= 4 is 29.1 Å². The van der Waals surface area contributed by atoms with Crippen molar-refractivity contribution in [3.05, 3.63) is 22.4 Å². The predicted octanol–water partition coefficient (Wildman–Crippen LogP) is 3.09. The maximum atomic E-state index is 4.36. The second-order valence-corrected chi connectivity index (χ2v) is 7.94. The summed E-state index contributed by atoms with van der Waals surface area (Å²) in [5, 5.41) is 9.17. The van der Waals surface area contributed by atoms with Crippen LogP contribution in [0.5, 0.6) is 0 Å². The molecular formula is C15H25N3S2. The first kappa shape index (κ1) is 15.7. The number of nitrogens with one attached hydrogen (secondary N) is 2. The Balaban J connectivity index is 1.84. The Morgan fingerprint density at radius 1 is 1.50 bits per heavy atom. The number of guanidine groups is 1. The van der Waals surface area contributed by atoms with Gasteiger partial charge < -0.3 is 10.6 Å². The molecule has 20 heavy (non-hydrogen) atoms. The van der Waals surface area contributed by atoms with E-state index < -0.39 is 0 Å². The van der Waals surface area contributed by atoms with Gasteiger partial charge in [0.25, 0.3) is 0 Å². The fraction of sp³-hybridized carbons (Fsp3) is 0.667. The van der Waals surface area contributed by atoms with E-state index in [2.05, 4.69) is 47.0 Å². The van der Waals surface area contributed by atoms with E-state index in [0.29, 0.717) is 6.04 Å². The molecule has 3 nitrogen and oxygen atoms in total. The highest BCUT2D eigenvalue weighted by Crippen LogP contribution is 2.26. The summed E-state index contributed by atoms with van der Waals surface area (Å²) < 4.78 is 0. The molecule has 1 atom stereocenters. The second-order valence-electron chi connectivity index (χ2n) is 5.85. The maximum Gasteiger partial charge on any atom is 0.191 e. The average Bonchev–Trinajstić information content (AvgIpc) is 2.99. The van der Waals surface area contributed by atoms with Gasteiger partial charge in [-0.05, 0) is 30.0 Å². The van der Waals surface area contributed by atoms with Crippen LogP contribution in [0, 0.1) is 0 Å². The maximum absolute atomic E-state index is 4.36. The van der Waals surface area contributed by atoms with E-state index in [4.69, 9.17) is 0 Å². The second kappa shape index (κ2) is 7.36. The van der Waals surface area contributed by atoms with Crippen molar-refractivity contribution in [3.8, 4) is 0 Å². The minimum Gasteiger partial charge on any atom is -0.356 e. The molecule has 0 amide bonds. The Bertz CT molecular complexity index is 420. The van der Waals surface area contributed by atoms with Crippen LogP contribution in [0.2, 0.25) is 0 Å². The number of thioether (sulfide) groups is 1. The molecule has 0 aliphatic carbocycles. The van der Waals surface area contributed by atoms with Crippen LogP contribution in [0.25, 0.3) is 0 Å². The largest absolute Gasteiger partial charge is 0.356 e. The highest BCUT2D eigenvalue weighted by molar-refractivity contribution is 7.99. The van der Waals surface area contributed by atoms with Crippen molar-refractivity contribution in [2.24, 2.45) is 4.99 Å². The normalized spacial score (nSPS) is 20.8. The third kappa shape index (κ3) is 4.42. The number of hydrogen-bond acceptors (Lipinski definition) is 3. The van der Waals surface area contributed by atoms with Crippen LogP contribution in [0.4, 0.5) is 0 Å². The first-order chi connectivity index (χ1) is 9.62. The van der Waals surface area contributed by atoms with Gasteiger partial charge in [0.15, 0.2) is 5.96 Å². The molecule has 2 rings (SSSR count). The quantitative estimate of drug-likeness (QED) is 0.663. The Morgan fingerprint density at radius 3 is 2.95 bits per heavy atom. The van der Waals surface area contributed by atoms with E-state index in [9.17, 15) is 0 Å². The number of rotatable bonds is 4. The van der Waals surface area contributed by atoms with Gasteiger partial charge in [0.2, 0.25) is 0 Å². The van der Waals surface area contributed by atoms with Gasteiger partial charge in [-0.25, -0.2) is 0 Å². The SMILES string of the molecule is CN=C(NCC(C)(C)c1cccs1)NC1CCCSC1. The van der Waals surface area contributed by atoms with Gasteiger partial charge in [0, 0.05) is 35.7 Å². The van der Waals surface area contributed by atoms with Crippen LogP contribution >= 0.6 is 23.1 Å². The molecule has 0 aromatic carbocycles. The average molecular weight is 312 g/mol. The van der Waals surface area contributed by atoms with Gasteiger partial charge >= 0.3 is 0 Å². The highest BCUT2D eigenvalue weighted by Gasteiger charge is 2.22. The van der Waals surface area contributed by atoms with Crippen molar-refractivity contribution in [1.82, 2.24) is 10.6 Å². The molecule has 2 heterocycles. The summed E-state index contributed by atoms with van der Waals surface area (Å²) in [7, 11) is 1.85. The topological polar surface area (TPSA) is 36.4 Å². The van der Waals surface area contributed by atoms with Gasteiger partial charge in [0.05, 0.1) is 0 Å². The van der Waals surface area contributed by atoms with Gasteiger partial charge in [-0.15, -0.1) is 11.3 Å². The molecule has 0 radical (unpaired) electrons. The van der Waals surface area contributed by atoms with E-state index in [0.717, 1.165) is 12.5 Å². The summed E-state index contributed by atoms with van der Waals surface area (Å²) in [6.07, 6.45) is 2.56. The molecule has 2 N–H and O–H groups in total. The molecule has 1 unspecified atom stereocenters. The summed E-state index contributed by atoms with van der Waals surface area (Å²) in [5.41, 5.74) is 0.132. The summed E-state index contributed by atoms with van der Waals surface area (Å²) >= 11 is 3.85. The first-order valence-electron chi connectivity index (χ1n) is 7.21. The number of thiophene rings is 1. The van der Waals surface area contributed by atoms with Gasteiger partial charge in [-0.3, -0.25) is 4.99 Å². The molecule has 1 aliphatic heterocycles. The summed E-state index contributed by atoms with van der Waals surface area (Å²) in [4.78, 5) is 5.77. The fourth-order valence-corrected chi connectivity index (χ4v) is 4.22. The Hall–Kier alpha value is -0.680. The lowest BCUT2D eigenvalue weighted by Gasteiger charge is -2.28. The minimum atomic E-state index is 0.132. The molecule has 1 aromatic heterocycles. The molecule has 0 saturated carbocycles. The number of aliphatic imine (C=N–C) groups is 1. The first-order valence-corrected chi connectivity index (χ1v) is 9.24. The molecule has 5 heteroatoms. The van der Waals surface area contributed by atoms with Crippen LogP contribution in [0.1, 0.15) is 31.6 Å². The summed E-state index contributed by atoms with van der Waals surface area (Å²) in [6.45, 7) is 5.44. The zero-order valence-electron chi connectivity index (χ0n) is 12.6. The van der Waals surface area contributed by atoms with E-state index in [1.165, 1.54) is 29.2 Å². The van der Waals surface area contributed by atoms with E-state index in [1.54, 1.807) is 0 Å². The lowest BCUT2D eigenvalue weighted by molar-refractivity contribution is 0.510. The van der Waals surface area contributed by atoms with E-state index in [-0.39, 0.29) is 5.41 Å². The predicted molar refractivity (Wildman–Crippen MR) is 92.2 cm³/mol. The van der Waals surface area contributed by atoms with Crippen LogP contribution in [0.15, 0.2) is 22.5 Å². The van der Waals surface area contributed by atoms with Crippen LogP contribution in [-0.4, -0.2) is 37.1 Å². The van der Waals surface area contributed by atoms with Crippen molar-refractivity contribution in [2.45, 2.75) is 38.1 Å². The van der Waals surface area contributed by atoms with Crippen LogP contribution in [-0.2, 0) is 5.41 Å². The van der Waals surface area contributed by atoms with Crippen LogP contribution < -0.4 is 10.6 Å². The fourth-order valence-electron chi connectivity index (χ4n) is 2.30. The van der Waals surface area contributed by atoms with Crippen molar-refractivity contribution in [2.75, 3.05) is 25.1 Å². The molecule has 1 fully saturated rings. The lowest BCUT2D eigenvalue weighted by atomic mass is 9.91. The molecule has 1 aliphatic rings. The van der Waals surface area contributed by atoms with E-state index in [1.807, 2.05) is 30.1 Å². The molecule has 0 spiro atoms. The smallest absolute Gasteiger partial charge is 0.191 e. The van der Waals surface area contributed by atoms with Gasteiger partial charge in [0.1, 0.15) is 0 Å². The van der Waals surface area contributed by atoms with Gasteiger partial charge in [-0.2, -0.15) is 11.8 Å². The zero-order chi connectivity index (χ0) is 14.4. The Kier molecular flexibility index (Phi) is 5.78. The van der Waals surface area contributed by atoms with Crippen molar-refractivity contribution in [1.29, 1.82) is 0 Å². The number of nitrogens with zero attached hydrogens (tertiary/aromatic N) is 1. The molecule has 112 valence electrons. The summed E-state index contributed by atoms with van der Waals surface area (Å²) in [6, 6.07) is 4.89. The molecule has 0 bridgehead atoms. The number of hydrogen-bond donors (Lipinski definition) is 2. The monoisotopic (exact) mass is 311 g/mol. The molecule has 1 saturated heterocycles. The lowest BCUT2D eigenvalue weighted by Crippen LogP contribution is -2.48. The third-order valence-corrected chi connectivity index (χ3v) is 6.06. The molecule has 1 aromatic rings. The Morgan fingerprint density at radius 2 is 2.35 bits per heavy atom. The van der Waals surface area contributed by atoms with Gasteiger partial charge in [-0.1, -0.05) is 19.9 Å². The standard InChI is InChI=1S/C15H25N3S2/c1-15(2,13-7-5-9-20-13)11-17-14(16-3)18-12-6-4-8-19-10-12/h5,7,9,12H,4,6,8,10-11H2,1-3H3,(H2,16,17,18). The van der Waals surface area contributed by atoms with Crippen molar-refractivity contribution in [3.63, 3.8) is 0 Å². The minimum absolute atomic E-state index is 0.132. The zero-order valence-corrected chi connectivity index (χ0v) is 14.2.